The number of nitrogens with one attached hydrogen (secondary N) is 1. The van der Waals surface area contributed by atoms with E-state index >= 15 is 0 Å². The van der Waals surface area contributed by atoms with Gasteiger partial charge in [0.05, 0.1) is 11.9 Å². The molecule has 0 spiro atoms. The van der Waals surface area contributed by atoms with Crippen molar-refractivity contribution >= 4 is 43.5 Å². The summed E-state index contributed by atoms with van der Waals surface area (Å²) in [4.78, 5) is 28.1. The van der Waals surface area contributed by atoms with Gasteiger partial charge in [-0.1, -0.05) is 66.0 Å². The Morgan fingerprint density at radius 2 is 1.65 bits per heavy atom. The Labute approximate surface area is 211 Å². The molecule has 0 aliphatic heterocycles. The Morgan fingerprint density at radius 1 is 1.03 bits per heavy atom. The molecule has 2 aromatic carbocycles. The number of sulfonamides is 1. The molecule has 0 saturated carbocycles. The van der Waals surface area contributed by atoms with Crippen LogP contribution in [0.4, 0.5) is 5.69 Å². The van der Waals surface area contributed by atoms with Crippen molar-refractivity contribution in [3.05, 3.63) is 64.1 Å². The number of unbranched alkanes of at least 4 members (excludes halogenated alkanes) is 1. The van der Waals surface area contributed by atoms with Gasteiger partial charge in [0.25, 0.3) is 0 Å². The number of benzene rings is 2. The van der Waals surface area contributed by atoms with Gasteiger partial charge in [-0.05, 0) is 49.6 Å². The van der Waals surface area contributed by atoms with Crippen LogP contribution in [0.1, 0.15) is 44.2 Å². The van der Waals surface area contributed by atoms with Crippen molar-refractivity contribution in [2.24, 2.45) is 0 Å². The van der Waals surface area contributed by atoms with Crippen molar-refractivity contribution in [3.63, 3.8) is 0 Å². The molecule has 2 amide bonds. The fourth-order valence-corrected chi connectivity index (χ4v) is 4.65. The number of hydrogen-bond acceptors (Lipinski definition) is 4. The number of aryl methyl sites for hydroxylation is 1. The maximum atomic E-state index is 13.6. The topological polar surface area (TPSA) is 86.8 Å². The average molecular weight is 553 g/mol. The lowest BCUT2D eigenvalue weighted by Gasteiger charge is -2.33. The quantitative estimate of drug-likeness (QED) is 0.399. The molecule has 0 aliphatic carbocycles. The molecule has 34 heavy (non-hydrogen) atoms. The highest BCUT2D eigenvalue weighted by atomic mass is 79.9. The van der Waals surface area contributed by atoms with Crippen LogP contribution in [0.25, 0.3) is 0 Å². The lowest BCUT2D eigenvalue weighted by Crippen LogP contribution is -2.52. The first-order chi connectivity index (χ1) is 16.1. The molecule has 1 atom stereocenters. The Morgan fingerprint density at radius 3 is 2.18 bits per heavy atom. The zero-order valence-corrected chi connectivity index (χ0v) is 22.7. The summed E-state index contributed by atoms with van der Waals surface area (Å²) in [5.74, 6) is -0.669. The van der Waals surface area contributed by atoms with Gasteiger partial charge in [0.1, 0.15) is 12.6 Å². The summed E-state index contributed by atoms with van der Waals surface area (Å²) >= 11 is 3.34. The monoisotopic (exact) mass is 551 g/mol. The lowest BCUT2D eigenvalue weighted by atomic mass is 10.1. The summed E-state index contributed by atoms with van der Waals surface area (Å²) in [6.07, 6.45) is 3.27. The fourth-order valence-electron chi connectivity index (χ4n) is 3.54. The molecule has 0 radical (unpaired) electrons. The number of hydrogen-bond donors (Lipinski definition) is 1. The molecule has 2 rings (SSSR count). The van der Waals surface area contributed by atoms with E-state index in [1.165, 1.54) is 4.90 Å². The summed E-state index contributed by atoms with van der Waals surface area (Å²) in [7, 11) is -3.74. The molecule has 7 nitrogen and oxygen atoms in total. The Hall–Kier alpha value is -2.39. The van der Waals surface area contributed by atoms with E-state index in [1.807, 2.05) is 45.0 Å². The minimum absolute atomic E-state index is 0.205. The van der Waals surface area contributed by atoms with E-state index in [2.05, 4.69) is 21.2 Å². The smallest absolute Gasteiger partial charge is 0.244 e. The predicted molar refractivity (Wildman–Crippen MR) is 140 cm³/mol. The molecular weight excluding hydrogens is 518 g/mol. The number of anilines is 1. The predicted octanol–water partition coefficient (Wildman–Crippen LogP) is 4.25. The zero-order chi connectivity index (χ0) is 25.3. The van der Waals surface area contributed by atoms with Crippen LogP contribution in [0.2, 0.25) is 0 Å². The minimum atomic E-state index is -3.74. The normalized spacial score (nSPS) is 12.1. The van der Waals surface area contributed by atoms with Crippen LogP contribution in [0.5, 0.6) is 0 Å². The number of rotatable bonds is 12. The number of halogens is 1. The fraction of sp³-hybridized carbons (Fsp3) is 0.440. The van der Waals surface area contributed by atoms with E-state index in [0.717, 1.165) is 39.0 Å². The second-order valence-corrected chi connectivity index (χ2v) is 11.1. The second-order valence-electron chi connectivity index (χ2n) is 8.32. The molecule has 0 aliphatic rings. The van der Waals surface area contributed by atoms with Gasteiger partial charge < -0.3 is 10.2 Å². The van der Waals surface area contributed by atoms with Gasteiger partial charge in [-0.15, -0.1) is 0 Å². The van der Waals surface area contributed by atoms with Crippen molar-refractivity contribution < 1.29 is 18.0 Å². The highest BCUT2D eigenvalue weighted by molar-refractivity contribution is 9.10. The number of carbonyl (C=O) groups excluding carboxylic acids is 2. The van der Waals surface area contributed by atoms with E-state index < -0.39 is 28.5 Å². The number of amides is 2. The first-order valence-corrected chi connectivity index (χ1v) is 14.1. The van der Waals surface area contributed by atoms with Crippen LogP contribution in [0.15, 0.2) is 53.0 Å². The average Bonchev–Trinajstić information content (AvgIpc) is 2.78. The van der Waals surface area contributed by atoms with E-state index in [4.69, 9.17) is 0 Å². The molecule has 0 heterocycles. The third-order valence-corrected chi connectivity index (χ3v) is 7.15. The minimum Gasteiger partial charge on any atom is -0.354 e. The Balaban J connectivity index is 2.37. The molecule has 0 fully saturated rings. The van der Waals surface area contributed by atoms with Gasteiger partial charge >= 0.3 is 0 Å². The molecule has 0 bridgehead atoms. The summed E-state index contributed by atoms with van der Waals surface area (Å²) in [5.41, 5.74) is 2.34. The largest absolute Gasteiger partial charge is 0.354 e. The first-order valence-electron chi connectivity index (χ1n) is 11.4. The van der Waals surface area contributed by atoms with Crippen LogP contribution in [0.3, 0.4) is 0 Å². The summed E-state index contributed by atoms with van der Waals surface area (Å²) in [6.45, 7) is 6.21. The third kappa shape index (κ3) is 8.13. The van der Waals surface area contributed by atoms with E-state index in [-0.39, 0.29) is 12.5 Å². The molecule has 9 heteroatoms. The lowest BCUT2D eigenvalue weighted by molar-refractivity contribution is -0.140. The standard InChI is InChI=1S/C25H34BrN3O4S/c1-5-7-16-27-25(31)23(6-2)28(17-20-10-8-19(3)9-11-20)24(30)18-29(34(4,32)33)22-14-12-21(26)13-15-22/h8-15,23H,5-7,16-18H2,1-4H3,(H,27,31)/t23-/m0/s1. The molecular formula is C25H34BrN3O4S. The van der Waals surface area contributed by atoms with Crippen LogP contribution < -0.4 is 9.62 Å². The zero-order valence-electron chi connectivity index (χ0n) is 20.3. The van der Waals surface area contributed by atoms with Crippen molar-refractivity contribution in [1.82, 2.24) is 10.2 Å². The van der Waals surface area contributed by atoms with Crippen LogP contribution in [0, 0.1) is 6.92 Å². The van der Waals surface area contributed by atoms with Crippen LogP contribution in [-0.2, 0) is 26.2 Å². The van der Waals surface area contributed by atoms with Gasteiger partial charge in [-0.2, -0.15) is 0 Å². The SMILES string of the molecule is CCCCNC(=O)[C@H](CC)N(Cc1ccc(C)cc1)C(=O)CN(c1ccc(Br)cc1)S(C)(=O)=O. The molecule has 0 unspecified atom stereocenters. The van der Waals surface area contributed by atoms with Crippen molar-refractivity contribution in [1.29, 1.82) is 0 Å². The van der Waals surface area contributed by atoms with Crippen molar-refractivity contribution in [2.45, 2.75) is 52.6 Å². The Bertz CT molecular complexity index is 1060. The highest BCUT2D eigenvalue weighted by Crippen LogP contribution is 2.22. The van der Waals surface area contributed by atoms with E-state index in [1.54, 1.807) is 24.3 Å². The van der Waals surface area contributed by atoms with Crippen molar-refractivity contribution in [2.75, 3.05) is 23.7 Å². The van der Waals surface area contributed by atoms with E-state index in [0.29, 0.717) is 18.7 Å². The molecule has 0 saturated heterocycles. The Kier molecular flexibility index (Phi) is 10.6. The number of nitrogens with zero attached hydrogens (tertiary/aromatic N) is 2. The van der Waals surface area contributed by atoms with E-state index in [9.17, 15) is 18.0 Å². The summed E-state index contributed by atoms with van der Waals surface area (Å²) < 4.78 is 27.0. The molecule has 0 aromatic heterocycles. The van der Waals surface area contributed by atoms with Gasteiger partial charge in [0, 0.05) is 17.6 Å². The highest BCUT2D eigenvalue weighted by Gasteiger charge is 2.31. The van der Waals surface area contributed by atoms with Gasteiger partial charge in [0.2, 0.25) is 21.8 Å². The van der Waals surface area contributed by atoms with Gasteiger partial charge in [0.15, 0.2) is 0 Å². The van der Waals surface area contributed by atoms with Gasteiger partial charge in [-0.3, -0.25) is 13.9 Å². The maximum absolute atomic E-state index is 13.6. The summed E-state index contributed by atoms with van der Waals surface area (Å²) in [5, 5.41) is 2.92. The molecule has 186 valence electrons. The maximum Gasteiger partial charge on any atom is 0.244 e. The third-order valence-electron chi connectivity index (χ3n) is 5.48. The molecule has 2 aromatic rings. The van der Waals surface area contributed by atoms with Crippen molar-refractivity contribution in [3.8, 4) is 0 Å². The summed E-state index contributed by atoms with van der Waals surface area (Å²) in [6, 6.07) is 13.7. The van der Waals surface area contributed by atoms with Crippen LogP contribution >= 0.6 is 15.9 Å². The van der Waals surface area contributed by atoms with Crippen LogP contribution in [-0.4, -0.2) is 50.5 Å². The second kappa shape index (κ2) is 12.9. The molecule has 1 N–H and O–H groups in total. The first kappa shape index (κ1) is 27.9. The number of carbonyl (C=O) groups is 2. The van der Waals surface area contributed by atoms with Gasteiger partial charge in [-0.25, -0.2) is 8.42 Å².